The second kappa shape index (κ2) is 4.76. The topological polar surface area (TPSA) is 66.9 Å². The zero-order valence-corrected chi connectivity index (χ0v) is 7.76. The SMILES string of the molecule is CCCC(C#N)(CCC)C(N)=O. The lowest BCUT2D eigenvalue weighted by atomic mass is 9.80. The number of hydrogen-bond acceptors (Lipinski definition) is 2. The van der Waals surface area contributed by atoms with Crippen LogP contribution in [-0.4, -0.2) is 5.91 Å². The van der Waals surface area contributed by atoms with Crippen molar-refractivity contribution < 1.29 is 4.79 Å². The Kier molecular flexibility index (Phi) is 4.35. The molecule has 0 aliphatic carbocycles. The van der Waals surface area contributed by atoms with Gasteiger partial charge < -0.3 is 5.73 Å². The van der Waals surface area contributed by atoms with Crippen molar-refractivity contribution in [3.05, 3.63) is 0 Å². The van der Waals surface area contributed by atoms with Gasteiger partial charge in [-0.3, -0.25) is 4.79 Å². The molecular weight excluding hydrogens is 152 g/mol. The van der Waals surface area contributed by atoms with Gasteiger partial charge in [0.2, 0.25) is 5.91 Å². The molecule has 0 aromatic carbocycles. The third-order valence-electron chi connectivity index (χ3n) is 2.04. The van der Waals surface area contributed by atoms with Gasteiger partial charge in [-0.2, -0.15) is 5.26 Å². The first kappa shape index (κ1) is 11.0. The Labute approximate surface area is 73.6 Å². The zero-order chi connectivity index (χ0) is 9.61. The quantitative estimate of drug-likeness (QED) is 0.677. The highest BCUT2D eigenvalue weighted by Gasteiger charge is 2.34. The number of amides is 1. The van der Waals surface area contributed by atoms with E-state index in [0.29, 0.717) is 12.8 Å². The molecule has 0 aliphatic heterocycles. The van der Waals surface area contributed by atoms with E-state index in [2.05, 4.69) is 0 Å². The average Bonchev–Trinajstić information content (AvgIpc) is 2.03. The molecule has 1 amide bonds. The number of primary amides is 1. The first-order valence-electron chi connectivity index (χ1n) is 4.34. The summed E-state index contributed by atoms with van der Waals surface area (Å²) in [7, 11) is 0. The minimum atomic E-state index is -0.913. The van der Waals surface area contributed by atoms with Gasteiger partial charge in [-0.1, -0.05) is 26.7 Å². The predicted molar refractivity (Wildman–Crippen MR) is 47.1 cm³/mol. The van der Waals surface area contributed by atoms with E-state index >= 15 is 0 Å². The number of nitrogens with zero attached hydrogens (tertiary/aromatic N) is 1. The van der Waals surface area contributed by atoms with Crippen molar-refractivity contribution in [2.45, 2.75) is 39.5 Å². The molecule has 0 spiro atoms. The number of hydrogen-bond donors (Lipinski definition) is 1. The minimum Gasteiger partial charge on any atom is -0.368 e. The first-order valence-corrected chi connectivity index (χ1v) is 4.34. The molecule has 0 saturated carbocycles. The molecule has 0 unspecified atom stereocenters. The molecule has 0 fully saturated rings. The van der Waals surface area contributed by atoms with E-state index in [1.54, 1.807) is 0 Å². The molecule has 0 heterocycles. The first-order chi connectivity index (χ1) is 5.63. The maximum Gasteiger partial charge on any atom is 0.237 e. The van der Waals surface area contributed by atoms with Gasteiger partial charge in [0, 0.05) is 0 Å². The highest BCUT2D eigenvalue weighted by atomic mass is 16.1. The molecule has 0 bridgehead atoms. The normalized spacial score (nSPS) is 10.8. The largest absolute Gasteiger partial charge is 0.368 e. The van der Waals surface area contributed by atoms with Crippen LogP contribution in [0.3, 0.4) is 0 Å². The van der Waals surface area contributed by atoms with E-state index in [-0.39, 0.29) is 0 Å². The van der Waals surface area contributed by atoms with E-state index in [1.807, 2.05) is 19.9 Å². The lowest BCUT2D eigenvalue weighted by Crippen LogP contribution is -2.35. The smallest absolute Gasteiger partial charge is 0.237 e. The van der Waals surface area contributed by atoms with Crippen LogP contribution in [0.2, 0.25) is 0 Å². The Morgan fingerprint density at radius 2 is 1.83 bits per heavy atom. The molecule has 0 aromatic rings. The number of carbonyl (C=O) groups excluding carboxylic acids is 1. The summed E-state index contributed by atoms with van der Waals surface area (Å²) in [5, 5.41) is 8.86. The standard InChI is InChI=1S/C9H16N2O/c1-3-5-9(7-10,6-4-2)8(11)12/h3-6H2,1-2H3,(H2,11,12). The summed E-state index contributed by atoms with van der Waals surface area (Å²) in [6.07, 6.45) is 2.78. The molecule has 2 N–H and O–H groups in total. The third-order valence-corrected chi connectivity index (χ3v) is 2.04. The van der Waals surface area contributed by atoms with Gasteiger partial charge >= 0.3 is 0 Å². The predicted octanol–water partition coefficient (Wildman–Crippen LogP) is 1.58. The summed E-state index contributed by atoms with van der Waals surface area (Å²) in [6.45, 7) is 3.90. The average molecular weight is 168 g/mol. The van der Waals surface area contributed by atoms with Gasteiger partial charge in [0.05, 0.1) is 6.07 Å². The Morgan fingerprint density at radius 1 is 1.42 bits per heavy atom. The van der Waals surface area contributed by atoms with Crippen LogP contribution in [0.25, 0.3) is 0 Å². The number of rotatable bonds is 5. The Hall–Kier alpha value is -1.04. The van der Waals surface area contributed by atoms with Crippen LogP contribution in [0.1, 0.15) is 39.5 Å². The summed E-state index contributed by atoms with van der Waals surface area (Å²) in [5.41, 5.74) is 4.28. The van der Waals surface area contributed by atoms with Crippen molar-refractivity contribution >= 4 is 5.91 Å². The fourth-order valence-electron chi connectivity index (χ4n) is 1.39. The highest BCUT2D eigenvalue weighted by Crippen LogP contribution is 2.28. The van der Waals surface area contributed by atoms with E-state index in [0.717, 1.165) is 12.8 Å². The van der Waals surface area contributed by atoms with Crippen LogP contribution in [-0.2, 0) is 4.79 Å². The van der Waals surface area contributed by atoms with Crippen molar-refractivity contribution in [3.8, 4) is 6.07 Å². The fraction of sp³-hybridized carbons (Fsp3) is 0.778. The van der Waals surface area contributed by atoms with E-state index in [9.17, 15) is 4.79 Å². The summed E-state index contributed by atoms with van der Waals surface area (Å²) in [5.74, 6) is -0.478. The van der Waals surface area contributed by atoms with Crippen LogP contribution < -0.4 is 5.73 Å². The molecule has 0 rings (SSSR count). The Balaban J connectivity index is 4.54. The van der Waals surface area contributed by atoms with Crippen LogP contribution in [0.5, 0.6) is 0 Å². The molecule has 0 saturated heterocycles. The van der Waals surface area contributed by atoms with Crippen molar-refractivity contribution in [1.82, 2.24) is 0 Å². The number of carbonyl (C=O) groups is 1. The third kappa shape index (κ3) is 2.23. The lowest BCUT2D eigenvalue weighted by molar-refractivity contribution is -0.125. The highest BCUT2D eigenvalue weighted by molar-refractivity contribution is 5.83. The second-order valence-corrected chi connectivity index (χ2v) is 3.06. The van der Waals surface area contributed by atoms with E-state index in [1.165, 1.54) is 0 Å². The maximum absolute atomic E-state index is 11.0. The van der Waals surface area contributed by atoms with E-state index < -0.39 is 11.3 Å². The van der Waals surface area contributed by atoms with Gasteiger partial charge in [-0.05, 0) is 12.8 Å². The van der Waals surface area contributed by atoms with Crippen molar-refractivity contribution in [2.75, 3.05) is 0 Å². The molecule has 0 aliphatic rings. The van der Waals surface area contributed by atoms with Gasteiger partial charge in [0.15, 0.2) is 0 Å². The van der Waals surface area contributed by atoms with Crippen molar-refractivity contribution in [3.63, 3.8) is 0 Å². The Bertz CT molecular complexity index is 187. The second-order valence-electron chi connectivity index (χ2n) is 3.06. The number of nitriles is 1. The molecule has 0 radical (unpaired) electrons. The minimum absolute atomic E-state index is 0.478. The van der Waals surface area contributed by atoms with Crippen LogP contribution in [0, 0.1) is 16.7 Å². The fourth-order valence-corrected chi connectivity index (χ4v) is 1.39. The molecular formula is C9H16N2O. The molecule has 0 atom stereocenters. The zero-order valence-electron chi connectivity index (χ0n) is 7.76. The summed E-state index contributed by atoms with van der Waals surface area (Å²) in [4.78, 5) is 11.0. The van der Waals surface area contributed by atoms with Crippen LogP contribution >= 0.6 is 0 Å². The summed E-state index contributed by atoms with van der Waals surface area (Å²) >= 11 is 0. The van der Waals surface area contributed by atoms with Gasteiger partial charge in [0.25, 0.3) is 0 Å². The van der Waals surface area contributed by atoms with Crippen LogP contribution in [0.4, 0.5) is 0 Å². The molecule has 3 heteroatoms. The maximum atomic E-state index is 11.0. The van der Waals surface area contributed by atoms with Gasteiger partial charge in [-0.25, -0.2) is 0 Å². The lowest BCUT2D eigenvalue weighted by Gasteiger charge is -2.20. The van der Waals surface area contributed by atoms with Gasteiger partial charge in [0.1, 0.15) is 5.41 Å². The van der Waals surface area contributed by atoms with Crippen LogP contribution in [0.15, 0.2) is 0 Å². The number of nitrogens with two attached hydrogens (primary N) is 1. The van der Waals surface area contributed by atoms with Crippen molar-refractivity contribution in [1.29, 1.82) is 5.26 Å². The Morgan fingerprint density at radius 3 is 2.00 bits per heavy atom. The molecule has 3 nitrogen and oxygen atoms in total. The van der Waals surface area contributed by atoms with E-state index in [4.69, 9.17) is 11.0 Å². The summed E-state index contributed by atoms with van der Waals surface area (Å²) < 4.78 is 0. The monoisotopic (exact) mass is 168 g/mol. The molecule has 68 valence electrons. The van der Waals surface area contributed by atoms with Gasteiger partial charge in [-0.15, -0.1) is 0 Å². The molecule has 0 aromatic heterocycles. The van der Waals surface area contributed by atoms with Crippen molar-refractivity contribution in [2.24, 2.45) is 11.1 Å². The summed E-state index contributed by atoms with van der Waals surface area (Å²) in [6, 6.07) is 2.04. The molecule has 12 heavy (non-hydrogen) atoms.